The highest BCUT2D eigenvalue weighted by Crippen LogP contribution is 2.23. The molecule has 0 aliphatic rings. The van der Waals surface area contributed by atoms with Crippen molar-refractivity contribution >= 4 is 21.7 Å². The van der Waals surface area contributed by atoms with Crippen LogP contribution in [0.3, 0.4) is 0 Å². The van der Waals surface area contributed by atoms with Gasteiger partial charge in [-0.3, -0.25) is 4.79 Å². The van der Waals surface area contributed by atoms with Crippen molar-refractivity contribution in [1.82, 2.24) is 0 Å². The lowest BCUT2D eigenvalue weighted by molar-refractivity contribution is 0.103. The molecular formula is C19H22BrFO. The van der Waals surface area contributed by atoms with Gasteiger partial charge in [0.15, 0.2) is 5.78 Å². The summed E-state index contributed by atoms with van der Waals surface area (Å²) in [5.74, 6) is -0.436. The molecule has 3 heteroatoms. The Kier molecular flexibility index (Phi) is 8.03. The highest BCUT2D eigenvalue weighted by atomic mass is 79.9. The van der Waals surface area contributed by atoms with E-state index >= 15 is 0 Å². The Morgan fingerprint density at radius 1 is 1.09 bits per heavy atom. The van der Waals surface area contributed by atoms with Crippen molar-refractivity contribution in [3.05, 3.63) is 69.4 Å². The van der Waals surface area contributed by atoms with E-state index in [4.69, 9.17) is 0 Å². The number of hydrogen-bond donors (Lipinski definition) is 0. The molecule has 1 nitrogen and oxygen atoms in total. The summed E-state index contributed by atoms with van der Waals surface area (Å²) in [4.78, 5) is 12.4. The molecule has 22 heavy (non-hydrogen) atoms. The number of carbonyl (C=O) groups excluding carboxylic acids is 1. The highest BCUT2D eigenvalue weighted by Gasteiger charge is 2.13. The molecule has 0 N–H and O–H groups in total. The first-order valence-electron chi connectivity index (χ1n) is 7.70. The minimum Gasteiger partial charge on any atom is -0.289 e. The summed E-state index contributed by atoms with van der Waals surface area (Å²) < 4.78 is 13.7. The van der Waals surface area contributed by atoms with E-state index in [1.54, 1.807) is 0 Å². The molecule has 2 rings (SSSR count). The van der Waals surface area contributed by atoms with Crippen molar-refractivity contribution in [3.8, 4) is 0 Å². The molecular weight excluding hydrogens is 343 g/mol. The Morgan fingerprint density at radius 3 is 2.27 bits per heavy atom. The molecule has 0 atom stereocenters. The van der Waals surface area contributed by atoms with Gasteiger partial charge in [-0.2, -0.15) is 0 Å². The minimum absolute atomic E-state index is 0.0982. The molecule has 0 fully saturated rings. The number of unbranched alkanes of at least 4 members (excludes halogenated alkanes) is 1. The number of hydrogen-bond acceptors (Lipinski definition) is 1. The lowest BCUT2D eigenvalue weighted by Crippen LogP contribution is -2.03. The standard InChI is InChI=1S/C17H16BrFO.C2H6/c1-2-3-4-12-5-10-15(16(18)11-12)17(20)13-6-8-14(19)9-7-13;1-2/h5-11H,2-4H2,1H3;1-2H3. The number of aryl methyl sites for hydroxylation is 1. The van der Waals surface area contributed by atoms with Gasteiger partial charge in [-0.15, -0.1) is 0 Å². The zero-order valence-corrected chi connectivity index (χ0v) is 14.9. The summed E-state index contributed by atoms with van der Waals surface area (Å²) in [5, 5.41) is 0. The van der Waals surface area contributed by atoms with Crippen LogP contribution in [-0.4, -0.2) is 5.78 Å². The van der Waals surface area contributed by atoms with Crippen molar-refractivity contribution in [2.24, 2.45) is 0 Å². The monoisotopic (exact) mass is 364 g/mol. The lowest BCUT2D eigenvalue weighted by atomic mass is 10.0. The summed E-state index contributed by atoms with van der Waals surface area (Å²) in [6, 6.07) is 11.4. The Hall–Kier alpha value is -1.48. The van der Waals surface area contributed by atoms with Crippen LogP contribution in [0.1, 0.15) is 55.1 Å². The first kappa shape index (κ1) is 18.6. The van der Waals surface area contributed by atoms with Crippen LogP contribution in [0.4, 0.5) is 4.39 Å². The molecule has 0 aliphatic heterocycles. The highest BCUT2D eigenvalue weighted by molar-refractivity contribution is 9.10. The predicted molar refractivity (Wildman–Crippen MR) is 93.9 cm³/mol. The fourth-order valence-corrected chi connectivity index (χ4v) is 2.64. The van der Waals surface area contributed by atoms with Gasteiger partial charge in [-0.25, -0.2) is 4.39 Å². The lowest BCUT2D eigenvalue weighted by Gasteiger charge is -2.07. The van der Waals surface area contributed by atoms with Gasteiger partial charge < -0.3 is 0 Å². The molecule has 0 aliphatic carbocycles. The molecule has 0 spiro atoms. The number of carbonyl (C=O) groups is 1. The van der Waals surface area contributed by atoms with Gasteiger partial charge in [0.1, 0.15) is 5.82 Å². The predicted octanol–water partition coefficient (Wildman–Crippen LogP) is 6.19. The molecule has 2 aromatic carbocycles. The minimum atomic E-state index is -0.337. The van der Waals surface area contributed by atoms with Crippen molar-refractivity contribution in [2.75, 3.05) is 0 Å². The Balaban J connectivity index is 0.00000116. The maximum atomic E-state index is 12.9. The second kappa shape index (κ2) is 9.52. The van der Waals surface area contributed by atoms with E-state index in [0.29, 0.717) is 11.1 Å². The SMILES string of the molecule is CC.CCCCc1ccc(C(=O)c2ccc(F)cc2)c(Br)c1. The van der Waals surface area contributed by atoms with Crippen LogP contribution in [0.15, 0.2) is 46.9 Å². The molecule has 0 aromatic heterocycles. The smallest absolute Gasteiger partial charge is 0.194 e. The molecule has 0 radical (unpaired) electrons. The first-order valence-corrected chi connectivity index (χ1v) is 8.50. The van der Waals surface area contributed by atoms with Gasteiger partial charge in [0.25, 0.3) is 0 Å². The molecule has 0 heterocycles. The first-order chi connectivity index (χ1) is 10.6. The van der Waals surface area contributed by atoms with Gasteiger partial charge >= 0.3 is 0 Å². The van der Waals surface area contributed by atoms with Crippen molar-refractivity contribution in [3.63, 3.8) is 0 Å². The zero-order chi connectivity index (χ0) is 16.5. The topological polar surface area (TPSA) is 17.1 Å². The summed E-state index contributed by atoms with van der Waals surface area (Å²) >= 11 is 3.46. The van der Waals surface area contributed by atoms with Gasteiger partial charge in [0, 0.05) is 15.6 Å². The van der Waals surface area contributed by atoms with E-state index in [1.165, 1.54) is 29.8 Å². The Bertz CT molecular complexity index is 605. The third-order valence-corrected chi connectivity index (χ3v) is 3.86. The second-order valence-electron chi connectivity index (χ2n) is 4.75. The summed E-state index contributed by atoms with van der Waals surface area (Å²) in [6.07, 6.45) is 3.30. The third kappa shape index (κ3) is 5.06. The molecule has 0 saturated heterocycles. The van der Waals surface area contributed by atoms with Crippen LogP contribution < -0.4 is 0 Å². The molecule has 0 amide bonds. The number of halogens is 2. The average Bonchev–Trinajstić information content (AvgIpc) is 2.55. The fraction of sp³-hybridized carbons (Fsp3) is 0.316. The summed E-state index contributed by atoms with van der Waals surface area (Å²) in [6.45, 7) is 6.15. The van der Waals surface area contributed by atoms with Crippen LogP contribution in [0.25, 0.3) is 0 Å². The van der Waals surface area contributed by atoms with E-state index in [1.807, 2.05) is 32.0 Å². The van der Waals surface area contributed by atoms with Crippen molar-refractivity contribution in [1.29, 1.82) is 0 Å². The number of benzene rings is 2. The maximum absolute atomic E-state index is 12.9. The van der Waals surface area contributed by atoms with Gasteiger partial charge in [0.05, 0.1) is 0 Å². The maximum Gasteiger partial charge on any atom is 0.194 e. The normalized spacial score (nSPS) is 9.86. The van der Waals surface area contributed by atoms with Crippen LogP contribution in [-0.2, 0) is 6.42 Å². The largest absolute Gasteiger partial charge is 0.289 e. The average molecular weight is 365 g/mol. The molecule has 2 aromatic rings. The molecule has 0 bridgehead atoms. The van der Waals surface area contributed by atoms with Crippen molar-refractivity contribution < 1.29 is 9.18 Å². The Labute approximate surface area is 140 Å². The summed E-state index contributed by atoms with van der Waals surface area (Å²) in [7, 11) is 0. The van der Waals surface area contributed by atoms with Crippen LogP contribution >= 0.6 is 15.9 Å². The molecule has 0 unspecified atom stereocenters. The zero-order valence-electron chi connectivity index (χ0n) is 13.3. The van der Waals surface area contributed by atoms with Crippen LogP contribution in [0.2, 0.25) is 0 Å². The quantitative estimate of drug-likeness (QED) is 0.578. The van der Waals surface area contributed by atoms with Gasteiger partial charge in [-0.1, -0.05) is 49.2 Å². The molecule has 0 saturated carbocycles. The Morgan fingerprint density at radius 2 is 1.73 bits per heavy atom. The second-order valence-corrected chi connectivity index (χ2v) is 5.61. The van der Waals surface area contributed by atoms with E-state index in [2.05, 4.69) is 22.9 Å². The van der Waals surface area contributed by atoms with E-state index in [-0.39, 0.29) is 11.6 Å². The van der Waals surface area contributed by atoms with Crippen LogP contribution in [0, 0.1) is 5.82 Å². The van der Waals surface area contributed by atoms with Gasteiger partial charge in [-0.05, 0) is 54.8 Å². The number of ketones is 1. The van der Waals surface area contributed by atoms with Gasteiger partial charge in [0.2, 0.25) is 0 Å². The van der Waals surface area contributed by atoms with E-state index in [9.17, 15) is 9.18 Å². The number of rotatable bonds is 5. The van der Waals surface area contributed by atoms with Crippen LogP contribution in [0.5, 0.6) is 0 Å². The molecule has 118 valence electrons. The van der Waals surface area contributed by atoms with E-state index < -0.39 is 0 Å². The van der Waals surface area contributed by atoms with E-state index in [0.717, 1.165) is 23.7 Å². The summed E-state index contributed by atoms with van der Waals surface area (Å²) in [5.41, 5.74) is 2.32. The third-order valence-electron chi connectivity index (χ3n) is 3.20. The fourth-order valence-electron chi connectivity index (χ4n) is 2.04. The van der Waals surface area contributed by atoms with Crippen molar-refractivity contribution in [2.45, 2.75) is 40.0 Å².